The Hall–Kier alpha value is -6.64. The summed E-state index contributed by atoms with van der Waals surface area (Å²) < 4.78 is 0. The summed E-state index contributed by atoms with van der Waals surface area (Å²) in [5.41, 5.74) is 22.7. The summed E-state index contributed by atoms with van der Waals surface area (Å²) in [5, 5.41) is 0. The standard InChI is InChI=1S/C65H60N2/c1-64(2)59-21-13-12-20-56(59)58-39-57(49-14-6-3-7-15-49)63(40-60(58)64)67(54-18-10-5-11-19-54)62-38-45-23-27-50-26-22-44(24-28-51(62)29-25-45)37-61(50)66(53-16-8-4-9-17-53)55-32-30-52(31-33-55)65-41-46-34-47(42-65)36-48(35-46)43-65/h3-22,25-26,29-33,37-40,46-48H,23-24,27-28,34-36,41-43H2,1-2H3. The second-order valence-electron chi connectivity index (χ2n) is 21.5. The zero-order valence-electron chi connectivity index (χ0n) is 39.1. The predicted octanol–water partition coefficient (Wildman–Crippen LogP) is 17.0. The number of nitrogens with zero attached hydrogens (tertiary/aromatic N) is 2. The molecule has 9 aliphatic rings. The van der Waals surface area contributed by atoms with Gasteiger partial charge in [0.15, 0.2) is 0 Å². The van der Waals surface area contributed by atoms with E-state index < -0.39 is 0 Å². The molecule has 330 valence electrons. The molecule has 17 rings (SSSR count). The van der Waals surface area contributed by atoms with Crippen molar-refractivity contribution in [2.45, 2.75) is 88.9 Å². The molecule has 0 aromatic heterocycles. The van der Waals surface area contributed by atoms with Crippen molar-refractivity contribution in [2.24, 2.45) is 17.8 Å². The first kappa shape index (κ1) is 40.6. The van der Waals surface area contributed by atoms with Crippen LogP contribution in [-0.4, -0.2) is 0 Å². The number of rotatable bonds is 8. The second kappa shape index (κ2) is 16.0. The van der Waals surface area contributed by atoms with E-state index >= 15 is 0 Å². The largest absolute Gasteiger partial charge is 0.310 e. The van der Waals surface area contributed by atoms with Crippen LogP contribution >= 0.6 is 0 Å². The number of hydrogen-bond donors (Lipinski definition) is 0. The molecule has 2 heteroatoms. The maximum absolute atomic E-state index is 2.59. The van der Waals surface area contributed by atoms with Crippen molar-refractivity contribution in [3.05, 3.63) is 227 Å². The summed E-state index contributed by atoms with van der Waals surface area (Å²) in [6, 6.07) is 72.0. The van der Waals surface area contributed by atoms with Gasteiger partial charge in [-0.3, -0.25) is 0 Å². The van der Waals surface area contributed by atoms with Crippen LogP contribution in [0.15, 0.2) is 188 Å². The van der Waals surface area contributed by atoms with Crippen LogP contribution < -0.4 is 9.80 Å². The van der Waals surface area contributed by atoms with E-state index in [1.807, 2.05) is 0 Å². The van der Waals surface area contributed by atoms with Crippen molar-refractivity contribution in [1.82, 2.24) is 0 Å². The van der Waals surface area contributed by atoms with Gasteiger partial charge >= 0.3 is 0 Å². The molecule has 2 nitrogen and oxygen atoms in total. The number of anilines is 6. The van der Waals surface area contributed by atoms with Gasteiger partial charge in [0.2, 0.25) is 0 Å². The van der Waals surface area contributed by atoms with E-state index in [-0.39, 0.29) is 5.41 Å². The normalized spacial score (nSPS) is 21.6. The highest BCUT2D eigenvalue weighted by atomic mass is 15.2. The molecule has 0 heterocycles. The van der Waals surface area contributed by atoms with E-state index in [0.29, 0.717) is 5.41 Å². The van der Waals surface area contributed by atoms with E-state index in [4.69, 9.17) is 0 Å². The number of aryl methyl sites for hydroxylation is 4. The molecule has 9 aliphatic carbocycles. The highest BCUT2D eigenvalue weighted by molar-refractivity contribution is 5.95. The smallest absolute Gasteiger partial charge is 0.0543 e. The highest BCUT2D eigenvalue weighted by Gasteiger charge is 2.51. The third-order valence-electron chi connectivity index (χ3n) is 17.0. The highest BCUT2D eigenvalue weighted by Crippen LogP contribution is 2.61. The average Bonchev–Trinajstić information content (AvgIpc) is 3.58. The summed E-state index contributed by atoms with van der Waals surface area (Å²) in [5.74, 6) is 2.82. The summed E-state index contributed by atoms with van der Waals surface area (Å²) >= 11 is 0. The molecular formula is C65H60N2. The number of hydrogen-bond acceptors (Lipinski definition) is 2. The number of fused-ring (bicyclic) bond motifs is 3. The fourth-order valence-electron chi connectivity index (χ4n) is 14.1. The van der Waals surface area contributed by atoms with Gasteiger partial charge in [-0.1, -0.05) is 141 Å². The SMILES string of the molecule is CC1(C)c2ccccc2-c2cc(-c3ccccc3)c(N(c3ccccc3)c3cc4ccc3CCc3ccc(c(N(c5ccccc5)c5ccc(C67CC8CC(CC(C8)C6)C7)cc5)c3)CC4)cc21. The molecular weight excluding hydrogens is 809 g/mol. The van der Waals surface area contributed by atoms with Crippen LogP contribution in [0.25, 0.3) is 22.3 Å². The Morgan fingerprint density at radius 3 is 1.49 bits per heavy atom. The first-order valence-corrected chi connectivity index (χ1v) is 25.3. The maximum Gasteiger partial charge on any atom is 0.0543 e. The van der Waals surface area contributed by atoms with Crippen LogP contribution in [0.4, 0.5) is 34.1 Å². The molecule has 0 N–H and O–H groups in total. The van der Waals surface area contributed by atoms with E-state index in [0.717, 1.165) is 43.4 Å². The van der Waals surface area contributed by atoms with Gasteiger partial charge in [0.25, 0.3) is 0 Å². The Morgan fingerprint density at radius 2 is 0.896 bits per heavy atom. The van der Waals surface area contributed by atoms with E-state index in [1.165, 1.54) is 128 Å². The quantitative estimate of drug-likeness (QED) is 0.150. The summed E-state index contributed by atoms with van der Waals surface area (Å²) in [6.45, 7) is 4.80. The van der Waals surface area contributed by atoms with Gasteiger partial charge in [-0.05, 0) is 204 Å². The molecule has 0 amide bonds. The third-order valence-corrected chi connectivity index (χ3v) is 17.0. The Kier molecular flexibility index (Phi) is 9.71. The minimum absolute atomic E-state index is 0.131. The Balaban J connectivity index is 0.903. The van der Waals surface area contributed by atoms with Crippen molar-refractivity contribution >= 4 is 34.1 Å². The molecule has 0 unspecified atom stereocenters. The lowest BCUT2D eigenvalue weighted by Gasteiger charge is -2.57. The summed E-state index contributed by atoms with van der Waals surface area (Å²) in [6.07, 6.45) is 12.4. The average molecular weight is 869 g/mol. The number of benzene rings is 8. The zero-order valence-corrected chi connectivity index (χ0v) is 39.1. The first-order valence-electron chi connectivity index (χ1n) is 25.3. The van der Waals surface area contributed by atoms with Crippen molar-refractivity contribution in [3.8, 4) is 22.3 Å². The van der Waals surface area contributed by atoms with E-state index in [9.17, 15) is 0 Å². The van der Waals surface area contributed by atoms with Gasteiger partial charge in [0.05, 0.1) is 5.69 Å². The van der Waals surface area contributed by atoms with Crippen molar-refractivity contribution in [3.63, 3.8) is 0 Å². The number of para-hydroxylation sites is 2. The van der Waals surface area contributed by atoms with Crippen LogP contribution in [0.5, 0.6) is 0 Å². The molecule has 0 atom stereocenters. The maximum atomic E-state index is 2.59. The molecule has 0 aliphatic heterocycles. The topological polar surface area (TPSA) is 6.48 Å². The summed E-state index contributed by atoms with van der Waals surface area (Å²) in [4.78, 5) is 5.14. The Morgan fingerprint density at radius 1 is 0.388 bits per heavy atom. The van der Waals surface area contributed by atoms with Gasteiger partial charge in [-0.15, -0.1) is 0 Å². The lowest BCUT2D eigenvalue weighted by atomic mass is 9.48. The minimum Gasteiger partial charge on any atom is -0.310 e. The van der Waals surface area contributed by atoms with Crippen LogP contribution in [0.1, 0.15) is 91.3 Å². The van der Waals surface area contributed by atoms with Gasteiger partial charge < -0.3 is 9.80 Å². The molecule has 8 bridgehead atoms. The monoisotopic (exact) mass is 868 g/mol. The lowest BCUT2D eigenvalue weighted by Crippen LogP contribution is -2.48. The molecule has 0 saturated heterocycles. The van der Waals surface area contributed by atoms with Crippen molar-refractivity contribution in [1.29, 1.82) is 0 Å². The van der Waals surface area contributed by atoms with E-state index in [2.05, 4.69) is 212 Å². The van der Waals surface area contributed by atoms with Gasteiger partial charge in [0.1, 0.15) is 0 Å². The predicted molar refractivity (Wildman–Crippen MR) is 280 cm³/mol. The lowest BCUT2D eigenvalue weighted by molar-refractivity contribution is -0.00518. The van der Waals surface area contributed by atoms with Crippen LogP contribution in [0.2, 0.25) is 0 Å². The van der Waals surface area contributed by atoms with E-state index in [1.54, 1.807) is 5.56 Å². The molecule has 4 saturated carbocycles. The molecule has 0 radical (unpaired) electrons. The molecule has 8 aromatic rings. The molecule has 67 heavy (non-hydrogen) atoms. The van der Waals surface area contributed by atoms with Gasteiger partial charge in [-0.25, -0.2) is 0 Å². The van der Waals surface area contributed by atoms with Gasteiger partial charge in [-0.2, -0.15) is 0 Å². The minimum atomic E-state index is -0.131. The molecule has 4 fully saturated rings. The van der Waals surface area contributed by atoms with Gasteiger partial charge in [0, 0.05) is 39.4 Å². The van der Waals surface area contributed by atoms with Crippen LogP contribution in [0.3, 0.4) is 0 Å². The Labute approximate surface area is 398 Å². The van der Waals surface area contributed by atoms with Crippen molar-refractivity contribution in [2.75, 3.05) is 9.80 Å². The Bertz CT molecular complexity index is 3090. The third kappa shape index (κ3) is 6.97. The van der Waals surface area contributed by atoms with Crippen LogP contribution in [0, 0.1) is 17.8 Å². The second-order valence-corrected chi connectivity index (χ2v) is 21.5. The molecule has 0 spiro atoms. The molecule has 8 aromatic carbocycles. The fraction of sp³-hybridized carbons (Fsp3) is 0.262. The van der Waals surface area contributed by atoms with Crippen molar-refractivity contribution < 1.29 is 0 Å². The van der Waals surface area contributed by atoms with Crippen LogP contribution in [-0.2, 0) is 36.5 Å². The first-order chi connectivity index (χ1) is 32.9. The summed E-state index contributed by atoms with van der Waals surface area (Å²) in [7, 11) is 0. The zero-order chi connectivity index (χ0) is 44.7. The fourth-order valence-corrected chi connectivity index (χ4v) is 14.1.